The van der Waals surface area contributed by atoms with Gasteiger partial charge in [0.05, 0.1) is 0 Å². The SMILES string of the molecule is CCC(C)c1n[nH]c(=O)s1. The highest BCUT2D eigenvalue weighted by atomic mass is 32.1. The quantitative estimate of drug-likeness (QED) is 0.706. The van der Waals surface area contributed by atoms with Gasteiger partial charge in [-0.1, -0.05) is 25.2 Å². The molecule has 0 saturated carbocycles. The van der Waals surface area contributed by atoms with E-state index < -0.39 is 0 Å². The molecule has 0 aromatic carbocycles. The highest BCUT2D eigenvalue weighted by molar-refractivity contribution is 7.08. The van der Waals surface area contributed by atoms with Crippen molar-refractivity contribution in [2.24, 2.45) is 0 Å². The summed E-state index contributed by atoms with van der Waals surface area (Å²) in [7, 11) is 0. The van der Waals surface area contributed by atoms with Crippen molar-refractivity contribution in [1.29, 1.82) is 0 Å². The molecule has 1 unspecified atom stereocenters. The summed E-state index contributed by atoms with van der Waals surface area (Å²) in [4.78, 5) is 10.6. The second-order valence-electron chi connectivity index (χ2n) is 2.26. The largest absolute Gasteiger partial charge is 0.322 e. The topological polar surface area (TPSA) is 45.8 Å². The number of aromatic amines is 1. The highest BCUT2D eigenvalue weighted by Gasteiger charge is 2.06. The van der Waals surface area contributed by atoms with Crippen molar-refractivity contribution in [2.45, 2.75) is 26.2 Å². The molecule has 56 valence electrons. The van der Waals surface area contributed by atoms with Gasteiger partial charge in [-0.3, -0.25) is 4.79 Å². The number of hydrogen-bond acceptors (Lipinski definition) is 3. The van der Waals surface area contributed by atoms with E-state index in [2.05, 4.69) is 24.0 Å². The van der Waals surface area contributed by atoms with Gasteiger partial charge in [0.15, 0.2) is 0 Å². The van der Waals surface area contributed by atoms with E-state index in [4.69, 9.17) is 0 Å². The van der Waals surface area contributed by atoms with Crippen molar-refractivity contribution in [3.63, 3.8) is 0 Å². The molecule has 0 aliphatic heterocycles. The highest BCUT2D eigenvalue weighted by Crippen LogP contribution is 2.16. The third kappa shape index (κ3) is 1.44. The standard InChI is InChI=1S/C6H10N2OS/c1-3-4(2)5-7-8-6(9)10-5/h4H,3H2,1-2H3,(H,8,9). The molecule has 0 spiro atoms. The van der Waals surface area contributed by atoms with Crippen molar-refractivity contribution in [2.75, 3.05) is 0 Å². The molecule has 1 aromatic heterocycles. The number of nitrogens with zero attached hydrogens (tertiary/aromatic N) is 1. The van der Waals surface area contributed by atoms with Gasteiger partial charge in [-0.05, 0) is 6.42 Å². The van der Waals surface area contributed by atoms with Crippen LogP contribution in [0, 0.1) is 0 Å². The summed E-state index contributed by atoms with van der Waals surface area (Å²) in [6.07, 6.45) is 1.03. The molecule has 4 heteroatoms. The van der Waals surface area contributed by atoms with Crippen molar-refractivity contribution < 1.29 is 0 Å². The van der Waals surface area contributed by atoms with Crippen LogP contribution in [0.3, 0.4) is 0 Å². The molecule has 3 nitrogen and oxygen atoms in total. The normalized spacial score (nSPS) is 13.4. The van der Waals surface area contributed by atoms with Crippen molar-refractivity contribution in [1.82, 2.24) is 10.2 Å². The number of hydrogen-bond donors (Lipinski definition) is 1. The van der Waals surface area contributed by atoms with Crippen molar-refractivity contribution >= 4 is 11.3 Å². The monoisotopic (exact) mass is 158 g/mol. The molecule has 10 heavy (non-hydrogen) atoms. The first-order valence-electron chi connectivity index (χ1n) is 3.29. The van der Waals surface area contributed by atoms with Crippen LogP contribution in [0.5, 0.6) is 0 Å². The zero-order valence-electron chi connectivity index (χ0n) is 6.05. The van der Waals surface area contributed by atoms with Gasteiger partial charge in [-0.25, -0.2) is 5.10 Å². The third-order valence-electron chi connectivity index (χ3n) is 1.49. The number of rotatable bonds is 2. The number of nitrogens with one attached hydrogen (secondary N) is 1. The lowest BCUT2D eigenvalue weighted by Gasteiger charge is -1.99. The smallest absolute Gasteiger partial charge is 0.255 e. The minimum absolute atomic E-state index is 0.0599. The molecule has 1 atom stereocenters. The van der Waals surface area contributed by atoms with E-state index >= 15 is 0 Å². The van der Waals surface area contributed by atoms with E-state index in [1.54, 1.807) is 0 Å². The Morgan fingerprint density at radius 2 is 2.50 bits per heavy atom. The average molecular weight is 158 g/mol. The molecule has 1 rings (SSSR count). The summed E-state index contributed by atoms with van der Waals surface area (Å²) in [5, 5.41) is 7.17. The number of aromatic nitrogens is 2. The predicted octanol–water partition coefficient (Wildman–Crippen LogP) is 1.34. The molecule has 1 N–H and O–H groups in total. The Morgan fingerprint density at radius 1 is 1.80 bits per heavy atom. The summed E-state index contributed by atoms with van der Waals surface area (Å²) in [5.41, 5.74) is 0. The molecule has 0 fully saturated rings. The maximum absolute atomic E-state index is 10.6. The molecule has 1 aromatic rings. The lowest BCUT2D eigenvalue weighted by atomic mass is 10.1. The van der Waals surface area contributed by atoms with Crippen LogP contribution in [0.4, 0.5) is 0 Å². The van der Waals surface area contributed by atoms with Gasteiger partial charge in [0.2, 0.25) is 0 Å². The lowest BCUT2D eigenvalue weighted by molar-refractivity contribution is 0.714. The summed E-state index contributed by atoms with van der Waals surface area (Å²) < 4.78 is 0. The van der Waals surface area contributed by atoms with E-state index in [0.717, 1.165) is 11.4 Å². The van der Waals surface area contributed by atoms with Crippen LogP contribution in [-0.2, 0) is 0 Å². The Hall–Kier alpha value is -0.640. The summed E-state index contributed by atoms with van der Waals surface area (Å²) >= 11 is 1.20. The van der Waals surface area contributed by atoms with E-state index in [9.17, 15) is 4.79 Å². The minimum Gasteiger partial charge on any atom is -0.255 e. The third-order valence-corrected chi connectivity index (χ3v) is 2.47. The second-order valence-corrected chi connectivity index (χ2v) is 3.25. The Labute approximate surface area is 63.1 Å². The second kappa shape index (κ2) is 2.96. The Morgan fingerprint density at radius 3 is 2.90 bits per heavy atom. The van der Waals surface area contributed by atoms with Crippen LogP contribution >= 0.6 is 11.3 Å². The maximum Gasteiger partial charge on any atom is 0.322 e. The average Bonchev–Trinajstić information content (AvgIpc) is 2.34. The fourth-order valence-corrected chi connectivity index (χ4v) is 1.37. The Balaban J connectivity index is 2.84. The maximum atomic E-state index is 10.6. The first-order chi connectivity index (χ1) is 4.74. The summed E-state index contributed by atoms with van der Waals surface area (Å²) in [5.74, 6) is 0.406. The van der Waals surface area contributed by atoms with Crippen LogP contribution in [0.25, 0.3) is 0 Å². The van der Waals surface area contributed by atoms with Gasteiger partial charge < -0.3 is 0 Å². The molecule has 0 aliphatic carbocycles. The van der Waals surface area contributed by atoms with Gasteiger partial charge in [-0.2, -0.15) is 5.10 Å². The van der Waals surface area contributed by atoms with E-state index in [1.165, 1.54) is 11.3 Å². The van der Waals surface area contributed by atoms with Gasteiger partial charge in [0.25, 0.3) is 0 Å². The molecular weight excluding hydrogens is 148 g/mol. The van der Waals surface area contributed by atoms with Crippen LogP contribution in [0.1, 0.15) is 31.2 Å². The Bertz CT molecular complexity index is 252. The van der Waals surface area contributed by atoms with E-state index in [1.807, 2.05) is 0 Å². The van der Waals surface area contributed by atoms with Crippen LogP contribution in [-0.4, -0.2) is 10.2 Å². The van der Waals surface area contributed by atoms with E-state index in [0.29, 0.717) is 5.92 Å². The molecule has 0 radical (unpaired) electrons. The molecule has 0 bridgehead atoms. The fraction of sp³-hybridized carbons (Fsp3) is 0.667. The molecular formula is C6H10N2OS. The number of H-pyrrole nitrogens is 1. The van der Waals surface area contributed by atoms with Crippen LogP contribution in [0.2, 0.25) is 0 Å². The molecule has 1 heterocycles. The first-order valence-corrected chi connectivity index (χ1v) is 4.11. The Kier molecular flexibility index (Phi) is 2.21. The fourth-order valence-electron chi connectivity index (χ4n) is 0.627. The zero-order chi connectivity index (χ0) is 7.56. The zero-order valence-corrected chi connectivity index (χ0v) is 6.86. The molecule has 0 aliphatic rings. The van der Waals surface area contributed by atoms with Gasteiger partial charge >= 0.3 is 4.87 Å². The predicted molar refractivity (Wildman–Crippen MR) is 41.4 cm³/mol. The van der Waals surface area contributed by atoms with Crippen LogP contribution in [0.15, 0.2) is 4.79 Å². The molecule has 0 saturated heterocycles. The molecule has 0 amide bonds. The minimum atomic E-state index is -0.0599. The summed E-state index contributed by atoms with van der Waals surface area (Å²) in [6.45, 7) is 4.14. The van der Waals surface area contributed by atoms with Gasteiger partial charge in [-0.15, -0.1) is 0 Å². The van der Waals surface area contributed by atoms with Crippen LogP contribution < -0.4 is 4.87 Å². The van der Waals surface area contributed by atoms with Crippen molar-refractivity contribution in [3.05, 3.63) is 14.7 Å². The lowest BCUT2D eigenvalue weighted by Crippen LogP contribution is -1.91. The summed E-state index contributed by atoms with van der Waals surface area (Å²) in [6, 6.07) is 0. The van der Waals surface area contributed by atoms with Gasteiger partial charge in [0, 0.05) is 5.92 Å². The first kappa shape index (κ1) is 7.47. The van der Waals surface area contributed by atoms with E-state index in [-0.39, 0.29) is 4.87 Å². The van der Waals surface area contributed by atoms with Crippen molar-refractivity contribution in [3.8, 4) is 0 Å². The van der Waals surface area contributed by atoms with Gasteiger partial charge in [0.1, 0.15) is 5.01 Å².